The first kappa shape index (κ1) is 18.8. The van der Waals surface area contributed by atoms with Crippen molar-refractivity contribution in [2.24, 2.45) is 0 Å². The first-order chi connectivity index (χ1) is 11.8. The van der Waals surface area contributed by atoms with E-state index < -0.39 is 5.60 Å². The van der Waals surface area contributed by atoms with Crippen molar-refractivity contribution < 1.29 is 14.3 Å². The van der Waals surface area contributed by atoms with Gasteiger partial charge in [0.15, 0.2) is 0 Å². The second-order valence-corrected chi connectivity index (χ2v) is 7.08. The van der Waals surface area contributed by atoms with Crippen LogP contribution in [0.4, 0.5) is 10.5 Å². The lowest BCUT2D eigenvalue weighted by Crippen LogP contribution is -2.35. The van der Waals surface area contributed by atoms with Gasteiger partial charge in [-0.25, -0.2) is 4.79 Å². The molecule has 2 rings (SSSR count). The van der Waals surface area contributed by atoms with E-state index in [0.717, 1.165) is 16.5 Å². The second kappa shape index (κ2) is 8.01. The maximum Gasteiger partial charge on any atom is 0.410 e. The lowest BCUT2D eigenvalue weighted by atomic mass is 10.1. The van der Waals surface area contributed by atoms with Gasteiger partial charge in [-0.2, -0.15) is 0 Å². The van der Waals surface area contributed by atoms with Crippen molar-refractivity contribution >= 4 is 28.5 Å². The highest BCUT2D eigenvalue weighted by atomic mass is 16.6. The average molecular weight is 342 g/mol. The van der Waals surface area contributed by atoms with Crippen molar-refractivity contribution in [2.45, 2.75) is 39.2 Å². The highest BCUT2D eigenvalue weighted by Gasteiger charge is 2.19. The number of benzene rings is 2. The topological polar surface area (TPSA) is 58.6 Å². The molecule has 2 aromatic carbocycles. The Bertz CT molecular complexity index is 745. The summed E-state index contributed by atoms with van der Waals surface area (Å²) in [6, 6.07) is 13.8. The van der Waals surface area contributed by atoms with E-state index in [9.17, 15) is 9.59 Å². The predicted octanol–water partition coefficient (Wildman–Crippen LogP) is 4.43. The van der Waals surface area contributed by atoms with Gasteiger partial charge in [-0.1, -0.05) is 36.4 Å². The molecule has 0 saturated heterocycles. The molecule has 2 amide bonds. The Morgan fingerprint density at radius 2 is 1.76 bits per heavy atom. The zero-order valence-electron chi connectivity index (χ0n) is 15.3. The Morgan fingerprint density at radius 1 is 1.08 bits per heavy atom. The highest BCUT2D eigenvalue weighted by molar-refractivity contribution is 6.02. The van der Waals surface area contributed by atoms with Gasteiger partial charge in [-0.15, -0.1) is 0 Å². The monoisotopic (exact) mass is 342 g/mol. The van der Waals surface area contributed by atoms with Crippen molar-refractivity contribution in [3.63, 3.8) is 0 Å². The number of carbonyl (C=O) groups is 2. The molecule has 0 aliphatic rings. The number of rotatable bonds is 5. The molecule has 0 heterocycles. The quantitative estimate of drug-likeness (QED) is 0.875. The van der Waals surface area contributed by atoms with E-state index in [0.29, 0.717) is 19.4 Å². The van der Waals surface area contributed by atoms with Crippen LogP contribution in [0.25, 0.3) is 10.8 Å². The van der Waals surface area contributed by atoms with Crippen molar-refractivity contribution in [1.29, 1.82) is 0 Å². The Morgan fingerprint density at radius 3 is 2.48 bits per heavy atom. The number of anilines is 1. The highest BCUT2D eigenvalue weighted by Crippen LogP contribution is 2.23. The lowest BCUT2D eigenvalue weighted by Gasteiger charge is -2.24. The maximum atomic E-state index is 12.2. The lowest BCUT2D eigenvalue weighted by molar-refractivity contribution is -0.116. The van der Waals surface area contributed by atoms with Crippen LogP contribution in [0.3, 0.4) is 0 Å². The van der Waals surface area contributed by atoms with Gasteiger partial charge < -0.3 is 15.0 Å². The van der Waals surface area contributed by atoms with E-state index in [2.05, 4.69) is 5.32 Å². The molecular formula is C20H26N2O3. The fraction of sp³-hybridized carbons (Fsp3) is 0.400. The van der Waals surface area contributed by atoms with Crippen molar-refractivity contribution in [3.05, 3.63) is 42.5 Å². The molecule has 0 spiro atoms. The van der Waals surface area contributed by atoms with Gasteiger partial charge in [-0.3, -0.25) is 4.79 Å². The standard InChI is InChI=1S/C20H26N2O3/c1-20(2,3)25-19(24)22(4)14-8-13-18(23)21-17-12-7-10-15-9-5-6-11-16(15)17/h5-7,9-12H,8,13-14H2,1-4H3,(H,21,23). The van der Waals surface area contributed by atoms with E-state index >= 15 is 0 Å². The predicted molar refractivity (Wildman–Crippen MR) is 101 cm³/mol. The zero-order valence-corrected chi connectivity index (χ0v) is 15.3. The number of hydrogen-bond acceptors (Lipinski definition) is 3. The molecule has 0 aromatic heterocycles. The molecule has 134 valence electrons. The number of hydrogen-bond donors (Lipinski definition) is 1. The minimum Gasteiger partial charge on any atom is -0.444 e. The smallest absolute Gasteiger partial charge is 0.410 e. The number of nitrogens with zero attached hydrogens (tertiary/aromatic N) is 1. The van der Waals surface area contributed by atoms with Gasteiger partial charge >= 0.3 is 6.09 Å². The van der Waals surface area contributed by atoms with E-state index in [1.165, 1.54) is 4.90 Å². The summed E-state index contributed by atoms with van der Waals surface area (Å²) in [6.45, 7) is 5.96. The SMILES string of the molecule is CN(CCCC(=O)Nc1cccc2ccccc12)C(=O)OC(C)(C)C. The van der Waals surface area contributed by atoms with Crippen LogP contribution in [0.15, 0.2) is 42.5 Å². The summed E-state index contributed by atoms with van der Waals surface area (Å²) in [6.07, 6.45) is 0.546. The summed E-state index contributed by atoms with van der Waals surface area (Å²) < 4.78 is 5.29. The number of nitrogens with one attached hydrogen (secondary N) is 1. The first-order valence-corrected chi connectivity index (χ1v) is 8.48. The third-order valence-electron chi connectivity index (χ3n) is 3.67. The molecule has 0 bridgehead atoms. The normalized spacial score (nSPS) is 11.2. The van der Waals surface area contributed by atoms with Crippen LogP contribution in [0.2, 0.25) is 0 Å². The zero-order chi connectivity index (χ0) is 18.4. The molecule has 0 saturated carbocycles. The number of ether oxygens (including phenoxy) is 1. The van der Waals surface area contributed by atoms with Gasteiger partial charge in [0.05, 0.1) is 0 Å². The van der Waals surface area contributed by atoms with Crippen LogP contribution in [-0.4, -0.2) is 36.1 Å². The van der Waals surface area contributed by atoms with Gasteiger partial charge in [-0.05, 0) is 38.6 Å². The molecule has 5 nitrogen and oxygen atoms in total. The molecule has 0 atom stereocenters. The fourth-order valence-corrected chi connectivity index (χ4v) is 2.46. The fourth-order valence-electron chi connectivity index (χ4n) is 2.46. The van der Waals surface area contributed by atoms with Crippen LogP contribution < -0.4 is 5.32 Å². The van der Waals surface area contributed by atoms with Crippen LogP contribution >= 0.6 is 0 Å². The molecule has 0 fully saturated rings. The minimum absolute atomic E-state index is 0.0612. The van der Waals surface area contributed by atoms with E-state index in [1.807, 2.05) is 63.2 Å². The van der Waals surface area contributed by atoms with Crippen LogP contribution in [0.5, 0.6) is 0 Å². The summed E-state index contributed by atoms with van der Waals surface area (Å²) in [4.78, 5) is 25.6. The summed E-state index contributed by atoms with van der Waals surface area (Å²) >= 11 is 0. The van der Waals surface area contributed by atoms with Gasteiger partial charge in [0.1, 0.15) is 5.60 Å². The molecule has 1 N–H and O–H groups in total. The summed E-state index contributed by atoms with van der Waals surface area (Å²) in [5.74, 6) is -0.0612. The Balaban J connectivity index is 1.84. The maximum absolute atomic E-state index is 12.2. The van der Waals surface area contributed by atoms with E-state index in [1.54, 1.807) is 7.05 Å². The van der Waals surface area contributed by atoms with Crippen molar-refractivity contribution in [3.8, 4) is 0 Å². The summed E-state index contributed by atoms with van der Waals surface area (Å²) in [5, 5.41) is 5.06. The molecule has 0 aliphatic heterocycles. The van der Waals surface area contributed by atoms with Crippen LogP contribution in [-0.2, 0) is 9.53 Å². The number of fused-ring (bicyclic) bond motifs is 1. The molecule has 0 aliphatic carbocycles. The van der Waals surface area contributed by atoms with Gasteiger partial charge in [0, 0.05) is 31.1 Å². The third kappa shape index (κ3) is 5.78. The minimum atomic E-state index is -0.517. The van der Waals surface area contributed by atoms with E-state index in [-0.39, 0.29) is 12.0 Å². The Labute approximate surface area is 149 Å². The van der Waals surface area contributed by atoms with Crippen LogP contribution in [0, 0.1) is 0 Å². The number of carbonyl (C=O) groups excluding carboxylic acids is 2. The molecular weight excluding hydrogens is 316 g/mol. The molecule has 0 unspecified atom stereocenters. The first-order valence-electron chi connectivity index (χ1n) is 8.48. The Hall–Kier alpha value is -2.56. The average Bonchev–Trinajstić information content (AvgIpc) is 2.53. The molecule has 2 aromatic rings. The summed E-state index contributed by atoms with van der Waals surface area (Å²) in [7, 11) is 1.68. The van der Waals surface area contributed by atoms with Gasteiger partial charge in [0.2, 0.25) is 5.91 Å². The number of amides is 2. The third-order valence-corrected chi connectivity index (χ3v) is 3.67. The molecule has 0 radical (unpaired) electrons. The largest absolute Gasteiger partial charge is 0.444 e. The molecule has 5 heteroatoms. The van der Waals surface area contributed by atoms with Crippen molar-refractivity contribution in [2.75, 3.05) is 18.9 Å². The Kier molecular flexibility index (Phi) is 6.02. The summed E-state index contributed by atoms with van der Waals surface area (Å²) in [5.41, 5.74) is 0.292. The van der Waals surface area contributed by atoms with Crippen LogP contribution in [0.1, 0.15) is 33.6 Å². The second-order valence-electron chi connectivity index (χ2n) is 7.08. The van der Waals surface area contributed by atoms with Gasteiger partial charge in [0.25, 0.3) is 0 Å². The van der Waals surface area contributed by atoms with E-state index in [4.69, 9.17) is 4.74 Å². The van der Waals surface area contributed by atoms with Crippen molar-refractivity contribution in [1.82, 2.24) is 4.90 Å². The molecule has 25 heavy (non-hydrogen) atoms.